The highest BCUT2D eigenvalue weighted by Crippen LogP contribution is 2.22. The number of aryl methyl sites for hydroxylation is 1. The molecule has 2 aromatic rings. The number of nitro benzene ring substituents is 1. The van der Waals surface area contributed by atoms with Gasteiger partial charge in [0.2, 0.25) is 0 Å². The number of nitro groups is 1. The lowest BCUT2D eigenvalue weighted by Gasteiger charge is -2.02. The number of aromatic amines is 1. The van der Waals surface area contributed by atoms with Crippen LogP contribution in [0.5, 0.6) is 0 Å². The molecule has 1 heterocycles. The van der Waals surface area contributed by atoms with E-state index >= 15 is 0 Å². The molecular formula is C11H10BrN3O3. The van der Waals surface area contributed by atoms with E-state index in [0.717, 1.165) is 0 Å². The Morgan fingerprint density at radius 3 is 2.67 bits per heavy atom. The highest BCUT2D eigenvalue weighted by atomic mass is 79.9. The van der Waals surface area contributed by atoms with Gasteiger partial charge in [-0.3, -0.25) is 20.0 Å². The van der Waals surface area contributed by atoms with Crippen LogP contribution in [0.4, 0.5) is 5.69 Å². The summed E-state index contributed by atoms with van der Waals surface area (Å²) in [7, 11) is 0. The summed E-state index contributed by atoms with van der Waals surface area (Å²) in [6.07, 6.45) is 0.628. The third kappa shape index (κ3) is 1.97. The number of H-pyrrole nitrogens is 1. The molecule has 0 amide bonds. The molecule has 0 saturated carbocycles. The van der Waals surface area contributed by atoms with Crippen molar-refractivity contribution in [3.63, 3.8) is 0 Å². The number of hydrogen-bond donors (Lipinski definition) is 1. The first-order valence-corrected chi connectivity index (χ1v) is 6.08. The Balaban J connectivity index is 2.70. The Morgan fingerprint density at radius 2 is 2.11 bits per heavy atom. The van der Waals surface area contributed by atoms with Crippen LogP contribution >= 0.6 is 15.9 Å². The van der Waals surface area contributed by atoms with Crippen LogP contribution in [-0.2, 0) is 6.42 Å². The number of para-hydroxylation sites is 2. The molecule has 0 spiro atoms. The molecule has 94 valence electrons. The fourth-order valence-corrected chi connectivity index (χ4v) is 2.22. The third-order valence-corrected chi connectivity index (χ3v) is 3.39. The van der Waals surface area contributed by atoms with Gasteiger partial charge in [0, 0.05) is 6.07 Å². The van der Waals surface area contributed by atoms with Gasteiger partial charge in [-0.25, -0.2) is 4.68 Å². The lowest BCUT2D eigenvalue weighted by Crippen LogP contribution is -2.16. The zero-order valence-corrected chi connectivity index (χ0v) is 11.1. The monoisotopic (exact) mass is 311 g/mol. The number of benzene rings is 1. The summed E-state index contributed by atoms with van der Waals surface area (Å²) >= 11 is 3.19. The SMILES string of the molecule is CCc1[nH]n(-c2ccccc2[N+](=O)[O-])c(=O)c1Br. The van der Waals surface area contributed by atoms with Gasteiger partial charge in [0.05, 0.1) is 10.6 Å². The summed E-state index contributed by atoms with van der Waals surface area (Å²) < 4.78 is 1.59. The predicted molar refractivity (Wildman–Crippen MR) is 70.1 cm³/mol. The molecular weight excluding hydrogens is 302 g/mol. The highest BCUT2D eigenvalue weighted by Gasteiger charge is 2.19. The number of hydrogen-bond acceptors (Lipinski definition) is 3. The van der Waals surface area contributed by atoms with Crippen LogP contribution in [0.3, 0.4) is 0 Å². The molecule has 7 heteroatoms. The van der Waals surface area contributed by atoms with Crippen LogP contribution in [-0.4, -0.2) is 14.7 Å². The molecule has 0 bridgehead atoms. The first kappa shape index (κ1) is 12.6. The van der Waals surface area contributed by atoms with E-state index in [-0.39, 0.29) is 16.9 Å². The molecule has 0 aliphatic rings. The van der Waals surface area contributed by atoms with E-state index in [2.05, 4.69) is 21.0 Å². The standard InChI is InChI=1S/C11H10BrN3O3/c1-2-7-10(12)11(16)14(13-7)8-5-3-4-6-9(8)15(17)18/h3-6,13H,2H2,1H3. The minimum Gasteiger partial charge on any atom is -0.294 e. The second kappa shape index (κ2) is 4.77. The maximum absolute atomic E-state index is 12.0. The van der Waals surface area contributed by atoms with Gasteiger partial charge in [0.15, 0.2) is 0 Å². The average molecular weight is 312 g/mol. The van der Waals surface area contributed by atoms with Gasteiger partial charge >= 0.3 is 0 Å². The summed E-state index contributed by atoms with van der Waals surface area (Å²) in [4.78, 5) is 22.4. The van der Waals surface area contributed by atoms with Gasteiger partial charge in [-0.15, -0.1) is 0 Å². The van der Waals surface area contributed by atoms with Crippen molar-refractivity contribution in [1.82, 2.24) is 9.78 Å². The van der Waals surface area contributed by atoms with Crippen LogP contribution in [0.15, 0.2) is 33.5 Å². The summed E-state index contributed by atoms with van der Waals surface area (Å²) in [5.74, 6) is 0. The molecule has 0 aliphatic heterocycles. The zero-order chi connectivity index (χ0) is 13.3. The Morgan fingerprint density at radius 1 is 1.44 bits per heavy atom. The van der Waals surface area contributed by atoms with E-state index in [1.54, 1.807) is 12.1 Å². The average Bonchev–Trinajstić information content (AvgIpc) is 2.66. The second-order valence-electron chi connectivity index (χ2n) is 3.64. The van der Waals surface area contributed by atoms with Gasteiger partial charge < -0.3 is 0 Å². The summed E-state index contributed by atoms with van der Waals surface area (Å²) in [6.45, 7) is 1.89. The molecule has 0 aliphatic carbocycles. The normalized spacial score (nSPS) is 10.6. The molecule has 1 N–H and O–H groups in total. The fraction of sp³-hybridized carbons (Fsp3) is 0.182. The number of nitrogens with zero attached hydrogens (tertiary/aromatic N) is 2. The molecule has 0 saturated heterocycles. The van der Waals surface area contributed by atoms with Gasteiger partial charge in [-0.05, 0) is 28.4 Å². The molecule has 1 aromatic carbocycles. The van der Waals surface area contributed by atoms with Gasteiger partial charge in [0.1, 0.15) is 10.2 Å². The largest absolute Gasteiger partial charge is 0.294 e. The van der Waals surface area contributed by atoms with Crippen molar-refractivity contribution in [3.8, 4) is 5.69 Å². The topological polar surface area (TPSA) is 80.9 Å². The van der Waals surface area contributed by atoms with E-state index in [4.69, 9.17) is 0 Å². The maximum Gasteiger partial charge on any atom is 0.294 e. The van der Waals surface area contributed by atoms with Crippen molar-refractivity contribution in [3.05, 3.63) is 54.9 Å². The van der Waals surface area contributed by atoms with Crippen molar-refractivity contribution in [2.45, 2.75) is 13.3 Å². The van der Waals surface area contributed by atoms with Gasteiger partial charge in [-0.2, -0.15) is 0 Å². The zero-order valence-electron chi connectivity index (χ0n) is 9.51. The Bertz CT molecular complexity index is 660. The van der Waals surface area contributed by atoms with E-state index < -0.39 is 4.92 Å². The van der Waals surface area contributed by atoms with Crippen molar-refractivity contribution in [2.75, 3.05) is 0 Å². The second-order valence-corrected chi connectivity index (χ2v) is 4.44. The van der Waals surface area contributed by atoms with E-state index in [9.17, 15) is 14.9 Å². The lowest BCUT2D eigenvalue weighted by atomic mass is 10.3. The fourth-order valence-electron chi connectivity index (χ4n) is 1.67. The molecule has 0 unspecified atom stereocenters. The predicted octanol–water partition coefficient (Wildman–Crippen LogP) is 2.40. The van der Waals surface area contributed by atoms with Crippen molar-refractivity contribution < 1.29 is 4.92 Å². The number of rotatable bonds is 3. The number of aromatic nitrogens is 2. The number of halogens is 1. The Hall–Kier alpha value is -1.89. The molecule has 0 fully saturated rings. The van der Waals surface area contributed by atoms with Crippen LogP contribution in [0, 0.1) is 10.1 Å². The maximum atomic E-state index is 12.0. The summed E-state index contributed by atoms with van der Waals surface area (Å²) in [5.41, 5.74) is 0.489. The van der Waals surface area contributed by atoms with Crippen molar-refractivity contribution >= 4 is 21.6 Å². The summed E-state index contributed by atoms with van der Waals surface area (Å²) in [6, 6.07) is 6.10. The molecule has 0 atom stereocenters. The first-order valence-electron chi connectivity index (χ1n) is 5.29. The minimum absolute atomic E-state index is 0.115. The molecule has 1 aromatic heterocycles. The van der Waals surface area contributed by atoms with Gasteiger partial charge in [-0.1, -0.05) is 19.1 Å². The highest BCUT2D eigenvalue weighted by molar-refractivity contribution is 9.10. The van der Waals surface area contributed by atoms with Gasteiger partial charge in [0.25, 0.3) is 11.2 Å². The van der Waals surface area contributed by atoms with E-state index in [1.807, 2.05) is 6.92 Å². The third-order valence-electron chi connectivity index (χ3n) is 2.58. The Kier molecular flexibility index (Phi) is 3.33. The van der Waals surface area contributed by atoms with Crippen LogP contribution in [0.1, 0.15) is 12.6 Å². The smallest absolute Gasteiger partial charge is 0.294 e. The number of nitrogens with one attached hydrogen (secondary N) is 1. The van der Waals surface area contributed by atoms with Crippen LogP contribution in [0.2, 0.25) is 0 Å². The molecule has 6 nitrogen and oxygen atoms in total. The lowest BCUT2D eigenvalue weighted by molar-refractivity contribution is -0.384. The van der Waals surface area contributed by atoms with Crippen LogP contribution in [0.25, 0.3) is 5.69 Å². The molecule has 18 heavy (non-hydrogen) atoms. The van der Waals surface area contributed by atoms with E-state index in [1.165, 1.54) is 16.8 Å². The summed E-state index contributed by atoms with van der Waals surface area (Å²) in [5, 5.41) is 13.8. The van der Waals surface area contributed by atoms with Crippen molar-refractivity contribution in [2.24, 2.45) is 0 Å². The first-order chi connectivity index (χ1) is 8.56. The molecule has 2 rings (SSSR count). The van der Waals surface area contributed by atoms with Crippen molar-refractivity contribution in [1.29, 1.82) is 0 Å². The minimum atomic E-state index is -0.512. The Labute approximate surface area is 111 Å². The van der Waals surface area contributed by atoms with Crippen LogP contribution < -0.4 is 5.56 Å². The quantitative estimate of drug-likeness (QED) is 0.698. The molecule has 0 radical (unpaired) electrons. The van der Waals surface area contributed by atoms with E-state index in [0.29, 0.717) is 16.6 Å².